The lowest BCUT2D eigenvalue weighted by atomic mass is 10.2. The number of carbonyl (C=O) groups excluding carboxylic acids is 1. The van der Waals surface area contributed by atoms with Gasteiger partial charge in [-0.3, -0.25) is 0 Å². The molecule has 0 aliphatic heterocycles. The Morgan fingerprint density at radius 2 is 2.12 bits per heavy atom. The number of ether oxygens (including phenoxy) is 2. The summed E-state index contributed by atoms with van der Waals surface area (Å²) in [7, 11) is 0. The van der Waals surface area contributed by atoms with Gasteiger partial charge in [0.2, 0.25) is 0 Å². The van der Waals surface area contributed by atoms with E-state index in [-0.39, 0.29) is 5.97 Å². The fourth-order valence-electron chi connectivity index (χ4n) is 1.73. The van der Waals surface area contributed by atoms with Crippen molar-refractivity contribution in [2.24, 2.45) is 0 Å². The monoisotopic (exact) mass is 233 g/mol. The number of nitrogens with one attached hydrogen (secondary N) is 1. The van der Waals surface area contributed by atoms with Gasteiger partial charge in [0.1, 0.15) is 11.4 Å². The predicted octanol–water partition coefficient (Wildman–Crippen LogP) is 2.74. The highest BCUT2D eigenvalue weighted by atomic mass is 16.5. The summed E-state index contributed by atoms with van der Waals surface area (Å²) in [5.41, 5.74) is 1.33. The molecule has 0 amide bonds. The van der Waals surface area contributed by atoms with Crippen molar-refractivity contribution in [2.45, 2.75) is 13.8 Å². The van der Waals surface area contributed by atoms with Crippen LogP contribution in [0.5, 0.6) is 5.75 Å². The average Bonchev–Trinajstić information content (AvgIpc) is 2.75. The van der Waals surface area contributed by atoms with Crippen molar-refractivity contribution >= 4 is 16.9 Å². The SMILES string of the molecule is CCOC(=O)c1cc2c(OCC)cccc2[nH]1. The van der Waals surface area contributed by atoms with Gasteiger partial charge in [-0.2, -0.15) is 0 Å². The van der Waals surface area contributed by atoms with Crippen LogP contribution in [0, 0.1) is 0 Å². The van der Waals surface area contributed by atoms with Gasteiger partial charge in [0.25, 0.3) is 0 Å². The number of aromatic amines is 1. The second-order valence-electron chi connectivity index (χ2n) is 3.55. The third-order valence-corrected chi connectivity index (χ3v) is 2.42. The quantitative estimate of drug-likeness (QED) is 0.826. The Morgan fingerprint density at radius 1 is 1.29 bits per heavy atom. The second-order valence-corrected chi connectivity index (χ2v) is 3.55. The summed E-state index contributed by atoms with van der Waals surface area (Å²) in [6, 6.07) is 7.44. The Bertz CT molecular complexity index is 530. The smallest absolute Gasteiger partial charge is 0.354 e. The van der Waals surface area contributed by atoms with Gasteiger partial charge in [0, 0.05) is 10.9 Å². The lowest BCUT2D eigenvalue weighted by Gasteiger charge is -2.02. The summed E-state index contributed by atoms with van der Waals surface area (Å²) < 4.78 is 10.4. The molecule has 1 aromatic carbocycles. The molecular formula is C13H15NO3. The van der Waals surface area contributed by atoms with E-state index in [1.807, 2.05) is 25.1 Å². The number of hydrogen-bond acceptors (Lipinski definition) is 3. The lowest BCUT2D eigenvalue weighted by molar-refractivity contribution is 0.0520. The molecule has 0 aliphatic carbocycles. The molecule has 0 spiro atoms. The van der Waals surface area contributed by atoms with Gasteiger partial charge in [-0.15, -0.1) is 0 Å². The molecule has 0 fully saturated rings. The highest BCUT2D eigenvalue weighted by Crippen LogP contribution is 2.26. The van der Waals surface area contributed by atoms with E-state index in [4.69, 9.17) is 9.47 Å². The maximum Gasteiger partial charge on any atom is 0.354 e. The summed E-state index contributed by atoms with van der Waals surface area (Å²) in [5, 5.41) is 0.900. The molecule has 2 rings (SSSR count). The summed E-state index contributed by atoms with van der Waals surface area (Å²) in [6.07, 6.45) is 0. The highest BCUT2D eigenvalue weighted by molar-refractivity contribution is 5.97. The number of benzene rings is 1. The molecule has 0 unspecified atom stereocenters. The van der Waals surface area contributed by atoms with E-state index in [0.717, 1.165) is 16.7 Å². The number of esters is 1. The minimum absolute atomic E-state index is 0.342. The zero-order valence-electron chi connectivity index (χ0n) is 9.95. The molecule has 0 bridgehead atoms. The van der Waals surface area contributed by atoms with Crippen molar-refractivity contribution in [2.75, 3.05) is 13.2 Å². The van der Waals surface area contributed by atoms with E-state index < -0.39 is 0 Å². The molecule has 90 valence electrons. The van der Waals surface area contributed by atoms with Crippen LogP contribution in [0.1, 0.15) is 24.3 Å². The Hall–Kier alpha value is -1.97. The normalized spacial score (nSPS) is 10.5. The molecule has 1 aromatic heterocycles. The molecule has 0 radical (unpaired) electrons. The van der Waals surface area contributed by atoms with Crippen molar-refractivity contribution in [3.63, 3.8) is 0 Å². The molecule has 2 aromatic rings. The molecule has 0 saturated carbocycles. The van der Waals surface area contributed by atoms with E-state index in [2.05, 4.69) is 4.98 Å². The maximum atomic E-state index is 11.6. The Morgan fingerprint density at radius 3 is 2.82 bits per heavy atom. The topological polar surface area (TPSA) is 51.3 Å². The van der Waals surface area contributed by atoms with Crippen LogP contribution in [0.4, 0.5) is 0 Å². The maximum absolute atomic E-state index is 11.6. The molecule has 1 heterocycles. The van der Waals surface area contributed by atoms with Gasteiger partial charge in [-0.05, 0) is 32.0 Å². The summed E-state index contributed by atoms with van der Waals surface area (Å²) in [6.45, 7) is 4.68. The van der Waals surface area contributed by atoms with E-state index >= 15 is 0 Å². The largest absolute Gasteiger partial charge is 0.493 e. The molecule has 4 nitrogen and oxygen atoms in total. The number of hydrogen-bond donors (Lipinski definition) is 1. The van der Waals surface area contributed by atoms with Crippen LogP contribution in [0.3, 0.4) is 0 Å². The van der Waals surface area contributed by atoms with Crippen LogP contribution in [0.15, 0.2) is 24.3 Å². The van der Waals surface area contributed by atoms with Crippen molar-refractivity contribution in [3.05, 3.63) is 30.0 Å². The minimum atomic E-state index is -0.342. The van der Waals surface area contributed by atoms with Crippen LogP contribution in [-0.4, -0.2) is 24.2 Å². The molecule has 0 aliphatic rings. The van der Waals surface area contributed by atoms with Crippen LogP contribution < -0.4 is 4.74 Å². The van der Waals surface area contributed by atoms with Crippen LogP contribution >= 0.6 is 0 Å². The fraction of sp³-hybridized carbons (Fsp3) is 0.308. The third kappa shape index (κ3) is 2.25. The third-order valence-electron chi connectivity index (χ3n) is 2.42. The predicted molar refractivity (Wildman–Crippen MR) is 65.4 cm³/mol. The zero-order chi connectivity index (χ0) is 12.3. The van der Waals surface area contributed by atoms with Crippen molar-refractivity contribution in [1.82, 2.24) is 4.98 Å². The summed E-state index contributed by atoms with van der Waals surface area (Å²) in [4.78, 5) is 14.6. The van der Waals surface area contributed by atoms with Gasteiger partial charge < -0.3 is 14.5 Å². The number of aromatic nitrogens is 1. The van der Waals surface area contributed by atoms with Gasteiger partial charge in [-0.1, -0.05) is 6.07 Å². The summed E-state index contributed by atoms with van der Waals surface area (Å²) in [5.74, 6) is 0.433. The molecule has 1 N–H and O–H groups in total. The Balaban J connectivity index is 2.42. The highest BCUT2D eigenvalue weighted by Gasteiger charge is 2.12. The summed E-state index contributed by atoms with van der Waals surface area (Å²) >= 11 is 0. The lowest BCUT2D eigenvalue weighted by Crippen LogP contribution is -2.04. The average molecular weight is 233 g/mol. The van der Waals surface area contributed by atoms with E-state index in [9.17, 15) is 4.79 Å². The van der Waals surface area contributed by atoms with Crippen molar-refractivity contribution in [1.29, 1.82) is 0 Å². The minimum Gasteiger partial charge on any atom is -0.493 e. The second kappa shape index (κ2) is 4.91. The van der Waals surface area contributed by atoms with Gasteiger partial charge >= 0.3 is 5.97 Å². The van der Waals surface area contributed by atoms with Crippen LogP contribution in [0.2, 0.25) is 0 Å². The van der Waals surface area contributed by atoms with Gasteiger partial charge in [0.05, 0.1) is 13.2 Å². The first kappa shape index (κ1) is 11.5. The standard InChI is InChI=1S/C13H15NO3/c1-3-16-12-7-5-6-10-9(12)8-11(14-10)13(15)17-4-2/h5-8,14H,3-4H2,1-2H3. The number of carbonyl (C=O) groups is 1. The molecule has 0 atom stereocenters. The first-order valence-electron chi connectivity index (χ1n) is 5.68. The number of rotatable bonds is 4. The van der Waals surface area contributed by atoms with E-state index in [0.29, 0.717) is 18.9 Å². The van der Waals surface area contributed by atoms with Crippen molar-refractivity contribution < 1.29 is 14.3 Å². The fourth-order valence-corrected chi connectivity index (χ4v) is 1.73. The first-order chi connectivity index (χ1) is 8.26. The van der Waals surface area contributed by atoms with Crippen molar-refractivity contribution in [3.8, 4) is 5.75 Å². The van der Waals surface area contributed by atoms with E-state index in [1.165, 1.54) is 0 Å². The molecule has 4 heteroatoms. The van der Waals surface area contributed by atoms with Crippen LogP contribution in [-0.2, 0) is 4.74 Å². The number of fused-ring (bicyclic) bond motifs is 1. The first-order valence-corrected chi connectivity index (χ1v) is 5.68. The number of H-pyrrole nitrogens is 1. The van der Waals surface area contributed by atoms with Gasteiger partial charge in [-0.25, -0.2) is 4.79 Å². The zero-order valence-corrected chi connectivity index (χ0v) is 9.95. The Kier molecular flexibility index (Phi) is 3.32. The molecular weight excluding hydrogens is 218 g/mol. The molecule has 0 saturated heterocycles. The van der Waals surface area contributed by atoms with E-state index in [1.54, 1.807) is 13.0 Å². The van der Waals surface area contributed by atoms with Crippen LogP contribution in [0.25, 0.3) is 10.9 Å². The molecule has 17 heavy (non-hydrogen) atoms. The van der Waals surface area contributed by atoms with Gasteiger partial charge in [0.15, 0.2) is 0 Å². The Labute approximate surface area is 99.5 Å².